The van der Waals surface area contributed by atoms with Crippen molar-refractivity contribution in [2.24, 2.45) is 5.10 Å². The number of ether oxygens (including phenoxy) is 1. The minimum atomic E-state index is -0.706. The Kier molecular flexibility index (Phi) is 6.29. The number of hydrazone groups is 1. The van der Waals surface area contributed by atoms with Crippen LogP contribution in [0.3, 0.4) is 0 Å². The van der Waals surface area contributed by atoms with Crippen molar-refractivity contribution in [1.82, 2.24) is 5.43 Å². The molecule has 0 aliphatic heterocycles. The summed E-state index contributed by atoms with van der Waals surface area (Å²) in [6, 6.07) is 7.77. The van der Waals surface area contributed by atoms with E-state index in [2.05, 4.69) is 26.5 Å². The number of hydrogen-bond donors (Lipinski definition) is 2. The summed E-state index contributed by atoms with van der Waals surface area (Å²) in [7, 11) is 0. The van der Waals surface area contributed by atoms with Gasteiger partial charge in [-0.3, -0.25) is 14.9 Å². The number of amides is 1. The molecule has 0 saturated heterocycles. The summed E-state index contributed by atoms with van der Waals surface area (Å²) < 4.78 is 6.44. The first-order valence-electron chi connectivity index (χ1n) is 7.47. The van der Waals surface area contributed by atoms with Crippen molar-refractivity contribution in [2.75, 3.05) is 6.61 Å². The van der Waals surface area contributed by atoms with Crippen LogP contribution in [0.4, 0.5) is 5.69 Å². The third kappa shape index (κ3) is 4.79. The summed E-state index contributed by atoms with van der Waals surface area (Å²) in [6.07, 6.45) is 1.12. The minimum absolute atomic E-state index is 0.111. The SMILES string of the molecule is Cc1cc(Br)cc(C)c1OCC(=O)NN=Cc1cccc([N+](=O)[O-])c1O. The van der Waals surface area contributed by atoms with E-state index in [1.54, 1.807) is 0 Å². The number of nitrogens with zero attached hydrogens (tertiary/aromatic N) is 2. The van der Waals surface area contributed by atoms with Crippen molar-refractivity contribution in [3.8, 4) is 11.5 Å². The first-order valence-corrected chi connectivity index (χ1v) is 8.26. The number of nitro groups is 1. The van der Waals surface area contributed by atoms with Crippen molar-refractivity contribution in [1.29, 1.82) is 0 Å². The van der Waals surface area contributed by atoms with Gasteiger partial charge < -0.3 is 9.84 Å². The lowest BCUT2D eigenvalue weighted by Crippen LogP contribution is -2.25. The van der Waals surface area contributed by atoms with Gasteiger partial charge in [-0.05, 0) is 43.2 Å². The molecule has 0 spiro atoms. The zero-order valence-electron chi connectivity index (χ0n) is 14.0. The molecular weight excluding hydrogens is 406 g/mol. The van der Waals surface area contributed by atoms with Gasteiger partial charge in [-0.2, -0.15) is 5.10 Å². The van der Waals surface area contributed by atoms with Crippen molar-refractivity contribution < 1.29 is 19.6 Å². The van der Waals surface area contributed by atoms with Crippen LogP contribution in [-0.4, -0.2) is 28.8 Å². The van der Waals surface area contributed by atoms with Gasteiger partial charge in [0.15, 0.2) is 6.61 Å². The molecule has 2 N–H and O–H groups in total. The highest BCUT2D eigenvalue weighted by Gasteiger charge is 2.15. The summed E-state index contributed by atoms with van der Waals surface area (Å²) >= 11 is 3.39. The van der Waals surface area contributed by atoms with E-state index < -0.39 is 22.3 Å². The molecule has 9 heteroatoms. The Hall–Kier alpha value is -2.94. The Bertz CT molecular complexity index is 860. The van der Waals surface area contributed by atoms with Gasteiger partial charge in [0.25, 0.3) is 5.91 Å². The molecule has 1 amide bonds. The van der Waals surface area contributed by atoms with Crippen LogP contribution < -0.4 is 10.2 Å². The smallest absolute Gasteiger partial charge is 0.311 e. The second-order valence-electron chi connectivity index (χ2n) is 5.42. The van der Waals surface area contributed by atoms with Gasteiger partial charge in [-0.15, -0.1) is 0 Å². The van der Waals surface area contributed by atoms with Crippen molar-refractivity contribution >= 4 is 33.7 Å². The average molecular weight is 422 g/mol. The summed E-state index contributed by atoms with van der Waals surface area (Å²) in [5, 5.41) is 24.2. The summed E-state index contributed by atoms with van der Waals surface area (Å²) in [6.45, 7) is 3.49. The summed E-state index contributed by atoms with van der Waals surface area (Å²) in [5.74, 6) is -0.413. The first kappa shape index (κ1) is 19.4. The molecule has 0 unspecified atom stereocenters. The lowest BCUT2D eigenvalue weighted by molar-refractivity contribution is -0.385. The number of halogens is 1. The van der Waals surface area contributed by atoms with E-state index >= 15 is 0 Å². The highest BCUT2D eigenvalue weighted by molar-refractivity contribution is 9.10. The van der Waals surface area contributed by atoms with E-state index in [9.17, 15) is 20.0 Å². The van der Waals surface area contributed by atoms with Crippen LogP contribution in [0.2, 0.25) is 0 Å². The predicted molar refractivity (Wildman–Crippen MR) is 99.6 cm³/mol. The quantitative estimate of drug-likeness (QED) is 0.422. The Morgan fingerprint density at radius 2 is 2.04 bits per heavy atom. The molecule has 26 heavy (non-hydrogen) atoms. The molecule has 2 rings (SSSR count). The van der Waals surface area contributed by atoms with Crippen LogP contribution in [-0.2, 0) is 4.79 Å². The van der Waals surface area contributed by atoms with Crippen molar-refractivity contribution in [2.45, 2.75) is 13.8 Å². The van der Waals surface area contributed by atoms with E-state index in [1.807, 2.05) is 26.0 Å². The fraction of sp³-hybridized carbons (Fsp3) is 0.176. The molecular formula is C17H16BrN3O5. The largest absolute Gasteiger partial charge is 0.502 e. The Morgan fingerprint density at radius 3 is 2.65 bits per heavy atom. The number of carbonyl (C=O) groups is 1. The lowest BCUT2D eigenvalue weighted by atomic mass is 10.1. The maximum Gasteiger partial charge on any atom is 0.311 e. The molecule has 2 aromatic carbocycles. The summed E-state index contributed by atoms with van der Waals surface area (Å²) in [4.78, 5) is 21.9. The molecule has 136 valence electrons. The maximum atomic E-state index is 11.8. The van der Waals surface area contributed by atoms with Crippen molar-refractivity contribution in [3.05, 3.63) is 61.6 Å². The number of phenols is 1. The zero-order valence-corrected chi connectivity index (χ0v) is 15.6. The van der Waals surface area contributed by atoms with Gasteiger partial charge >= 0.3 is 5.69 Å². The van der Waals surface area contributed by atoms with E-state index in [0.717, 1.165) is 21.8 Å². The molecule has 8 nitrogen and oxygen atoms in total. The third-order valence-electron chi connectivity index (χ3n) is 3.41. The Labute approximate surface area is 157 Å². The van der Waals surface area contributed by atoms with Crippen LogP contribution in [0.5, 0.6) is 11.5 Å². The zero-order chi connectivity index (χ0) is 19.3. The van der Waals surface area contributed by atoms with E-state index in [0.29, 0.717) is 5.75 Å². The number of nitro benzene ring substituents is 1. The maximum absolute atomic E-state index is 11.8. The number of nitrogens with one attached hydrogen (secondary N) is 1. The second kappa shape index (κ2) is 8.43. The Morgan fingerprint density at radius 1 is 1.38 bits per heavy atom. The highest BCUT2D eigenvalue weighted by atomic mass is 79.9. The molecule has 0 aliphatic carbocycles. The van der Waals surface area contributed by atoms with Gasteiger partial charge in [-0.1, -0.05) is 22.0 Å². The van der Waals surface area contributed by atoms with Gasteiger partial charge in [0.1, 0.15) is 5.75 Å². The van der Waals surface area contributed by atoms with Gasteiger partial charge in [0.2, 0.25) is 5.75 Å². The summed E-state index contributed by atoms with van der Waals surface area (Å²) in [5.41, 5.74) is 3.68. The number of aryl methyl sites for hydroxylation is 2. The standard InChI is InChI=1S/C17H16BrN3O5/c1-10-6-13(18)7-11(2)17(10)26-9-15(22)20-19-8-12-4-3-5-14(16(12)23)21(24)25/h3-8,23H,9H2,1-2H3,(H,20,22). The average Bonchev–Trinajstić information content (AvgIpc) is 2.55. The first-order chi connectivity index (χ1) is 12.3. The van der Waals surface area contributed by atoms with Gasteiger partial charge in [0, 0.05) is 16.1 Å². The number of para-hydroxylation sites is 1. The number of benzene rings is 2. The fourth-order valence-electron chi connectivity index (χ4n) is 2.27. The molecule has 0 fully saturated rings. The van der Waals surface area contributed by atoms with Crippen LogP contribution in [0.1, 0.15) is 16.7 Å². The van der Waals surface area contributed by atoms with Gasteiger partial charge in [0.05, 0.1) is 11.1 Å². The van der Waals surface area contributed by atoms with Crippen LogP contribution >= 0.6 is 15.9 Å². The van der Waals surface area contributed by atoms with Crippen molar-refractivity contribution in [3.63, 3.8) is 0 Å². The number of carbonyl (C=O) groups excluding carboxylic acids is 1. The molecule has 0 heterocycles. The van der Waals surface area contributed by atoms with Crippen LogP contribution in [0.25, 0.3) is 0 Å². The molecule has 0 aliphatic rings. The predicted octanol–water partition coefficient (Wildman–Crippen LogP) is 3.21. The second-order valence-corrected chi connectivity index (χ2v) is 6.34. The van der Waals surface area contributed by atoms with Gasteiger partial charge in [-0.25, -0.2) is 5.43 Å². The van der Waals surface area contributed by atoms with E-state index in [4.69, 9.17) is 4.74 Å². The third-order valence-corrected chi connectivity index (χ3v) is 3.87. The molecule has 0 bridgehead atoms. The monoisotopic (exact) mass is 421 g/mol. The normalized spacial score (nSPS) is 10.7. The number of hydrogen-bond acceptors (Lipinski definition) is 6. The molecule has 0 saturated carbocycles. The van der Waals surface area contributed by atoms with E-state index in [1.165, 1.54) is 18.2 Å². The highest BCUT2D eigenvalue weighted by Crippen LogP contribution is 2.28. The minimum Gasteiger partial charge on any atom is -0.502 e. The lowest BCUT2D eigenvalue weighted by Gasteiger charge is -2.11. The number of rotatable bonds is 6. The fourth-order valence-corrected chi connectivity index (χ4v) is 2.96. The van der Waals surface area contributed by atoms with Crippen LogP contribution in [0, 0.1) is 24.0 Å². The number of phenolic OH excluding ortho intramolecular Hbond substituents is 1. The molecule has 0 aromatic heterocycles. The molecule has 0 radical (unpaired) electrons. The molecule has 2 aromatic rings. The topological polar surface area (TPSA) is 114 Å². The number of aromatic hydroxyl groups is 1. The van der Waals surface area contributed by atoms with Crippen LogP contribution in [0.15, 0.2) is 39.9 Å². The molecule has 0 atom stereocenters. The Balaban J connectivity index is 1.97. The van der Waals surface area contributed by atoms with E-state index in [-0.39, 0.29) is 12.2 Å².